The lowest BCUT2D eigenvalue weighted by molar-refractivity contribution is -0.136. The van der Waals surface area contributed by atoms with Crippen LogP contribution in [0.4, 0.5) is 13.2 Å². The summed E-state index contributed by atoms with van der Waals surface area (Å²) in [6, 6.07) is 3.78. The summed E-state index contributed by atoms with van der Waals surface area (Å²) in [6.45, 7) is 0.706. The number of hydrogen-bond donors (Lipinski definition) is 2. The molecule has 102 valence electrons. The van der Waals surface area contributed by atoms with Crippen molar-refractivity contribution in [2.24, 2.45) is 0 Å². The van der Waals surface area contributed by atoms with E-state index in [9.17, 15) is 18.0 Å². The predicted molar refractivity (Wildman–Crippen MR) is 63.8 cm³/mol. The van der Waals surface area contributed by atoms with Crippen LogP contribution in [0.15, 0.2) is 23.0 Å². The molecule has 2 aromatic rings. The van der Waals surface area contributed by atoms with Gasteiger partial charge in [-0.1, -0.05) is 6.07 Å². The van der Waals surface area contributed by atoms with Gasteiger partial charge in [-0.25, -0.2) is 4.79 Å². The molecule has 0 spiro atoms. The Bertz CT molecular complexity index is 665. The molecule has 0 bridgehead atoms. The van der Waals surface area contributed by atoms with Crippen LogP contribution in [-0.4, -0.2) is 16.1 Å². The highest BCUT2D eigenvalue weighted by Gasteiger charge is 2.35. The Morgan fingerprint density at radius 1 is 1.32 bits per heavy atom. The molecule has 1 aromatic carbocycles. The first kappa shape index (κ1) is 12.3. The van der Waals surface area contributed by atoms with Crippen LogP contribution >= 0.6 is 0 Å². The minimum atomic E-state index is -4.48. The molecule has 1 fully saturated rings. The third-order valence-electron chi connectivity index (χ3n) is 3.39. The molecule has 0 radical (unpaired) electrons. The number of nitrogens with zero attached hydrogens (tertiary/aromatic N) is 1. The molecule has 1 atom stereocenters. The lowest BCUT2D eigenvalue weighted by Gasteiger charge is -2.15. The van der Waals surface area contributed by atoms with E-state index in [4.69, 9.17) is 0 Å². The zero-order valence-electron chi connectivity index (χ0n) is 9.92. The molecule has 0 saturated carbocycles. The third-order valence-corrected chi connectivity index (χ3v) is 3.39. The van der Waals surface area contributed by atoms with E-state index in [1.54, 1.807) is 0 Å². The summed E-state index contributed by atoms with van der Waals surface area (Å²) in [5.41, 5.74) is -1.14. The van der Waals surface area contributed by atoms with Gasteiger partial charge in [-0.05, 0) is 31.5 Å². The summed E-state index contributed by atoms with van der Waals surface area (Å²) in [5, 5.41) is 3.05. The number of halogens is 3. The van der Waals surface area contributed by atoms with Crippen LogP contribution in [0, 0.1) is 0 Å². The number of para-hydroxylation sites is 1. The molecule has 3 rings (SSSR count). The van der Waals surface area contributed by atoms with Gasteiger partial charge in [-0.2, -0.15) is 13.2 Å². The second kappa shape index (κ2) is 4.12. The second-order valence-electron chi connectivity index (χ2n) is 4.61. The maximum absolute atomic E-state index is 13.0. The van der Waals surface area contributed by atoms with E-state index >= 15 is 0 Å². The molecule has 1 aliphatic rings. The monoisotopic (exact) mass is 271 g/mol. The molecule has 1 aliphatic heterocycles. The van der Waals surface area contributed by atoms with E-state index < -0.39 is 17.4 Å². The molecule has 2 heterocycles. The summed E-state index contributed by atoms with van der Waals surface area (Å²) < 4.78 is 40.3. The van der Waals surface area contributed by atoms with Gasteiger partial charge in [-0.3, -0.25) is 9.88 Å². The topological polar surface area (TPSA) is 49.8 Å². The van der Waals surface area contributed by atoms with Crippen molar-refractivity contribution in [3.8, 4) is 0 Å². The molecule has 1 unspecified atom stereocenters. The molecular formula is C12H12F3N3O. The van der Waals surface area contributed by atoms with E-state index in [1.165, 1.54) is 16.7 Å². The maximum Gasteiger partial charge on any atom is 0.418 e. The Morgan fingerprint density at radius 2 is 2.11 bits per heavy atom. The van der Waals surface area contributed by atoms with Crippen LogP contribution in [0.25, 0.3) is 11.0 Å². The van der Waals surface area contributed by atoms with Crippen molar-refractivity contribution in [3.63, 3.8) is 0 Å². The maximum atomic E-state index is 13.0. The SMILES string of the molecule is O=c1[nH]c2cccc(C(F)(F)F)c2n1C1CCCN1. The van der Waals surface area contributed by atoms with Crippen molar-refractivity contribution >= 4 is 11.0 Å². The highest BCUT2D eigenvalue weighted by atomic mass is 19.4. The Morgan fingerprint density at radius 3 is 2.74 bits per heavy atom. The fourth-order valence-electron chi connectivity index (χ4n) is 2.59. The van der Waals surface area contributed by atoms with Gasteiger partial charge in [0.15, 0.2) is 0 Å². The zero-order chi connectivity index (χ0) is 13.6. The predicted octanol–water partition coefficient (Wildman–Crippen LogP) is 2.23. The third kappa shape index (κ3) is 1.94. The molecule has 0 amide bonds. The molecule has 4 nitrogen and oxygen atoms in total. The number of alkyl halides is 3. The van der Waals surface area contributed by atoms with Crippen LogP contribution in [-0.2, 0) is 6.18 Å². The normalized spacial score (nSPS) is 20.3. The van der Waals surface area contributed by atoms with Crippen molar-refractivity contribution in [1.29, 1.82) is 0 Å². The van der Waals surface area contributed by atoms with Crippen LogP contribution in [0.2, 0.25) is 0 Å². The lowest BCUT2D eigenvalue weighted by Crippen LogP contribution is -2.29. The Kier molecular flexibility index (Phi) is 2.67. The van der Waals surface area contributed by atoms with Crippen molar-refractivity contribution < 1.29 is 13.2 Å². The average molecular weight is 271 g/mol. The summed E-state index contributed by atoms with van der Waals surface area (Å²) in [7, 11) is 0. The molecule has 7 heteroatoms. The van der Waals surface area contributed by atoms with Gasteiger partial charge in [0.1, 0.15) is 0 Å². The fourth-order valence-corrected chi connectivity index (χ4v) is 2.59. The van der Waals surface area contributed by atoms with E-state index in [0.717, 1.165) is 12.5 Å². The van der Waals surface area contributed by atoms with Crippen molar-refractivity contribution in [2.75, 3.05) is 6.54 Å². The molecule has 1 saturated heterocycles. The van der Waals surface area contributed by atoms with Crippen LogP contribution in [0.1, 0.15) is 24.6 Å². The van der Waals surface area contributed by atoms with Crippen molar-refractivity contribution in [3.05, 3.63) is 34.2 Å². The number of aromatic amines is 1. The standard InChI is InChI=1S/C12H12F3N3O/c13-12(14,15)7-3-1-4-8-10(7)18(11(19)17-8)9-5-2-6-16-9/h1,3-4,9,16H,2,5-6H2,(H,17,19). The van der Waals surface area contributed by atoms with E-state index in [0.29, 0.717) is 13.0 Å². The van der Waals surface area contributed by atoms with Gasteiger partial charge in [-0.15, -0.1) is 0 Å². The summed E-state index contributed by atoms with van der Waals surface area (Å²) in [6.07, 6.45) is -3.35. The molecule has 1 aromatic heterocycles. The number of aromatic nitrogens is 2. The van der Waals surface area contributed by atoms with Gasteiger partial charge >= 0.3 is 11.9 Å². The highest BCUT2D eigenvalue weighted by molar-refractivity contribution is 5.79. The second-order valence-corrected chi connectivity index (χ2v) is 4.61. The number of benzene rings is 1. The highest BCUT2D eigenvalue weighted by Crippen LogP contribution is 2.35. The molecule has 0 aliphatic carbocycles. The smallest absolute Gasteiger partial charge is 0.305 e. The number of H-pyrrole nitrogens is 1. The lowest BCUT2D eigenvalue weighted by atomic mass is 10.1. The number of nitrogens with one attached hydrogen (secondary N) is 2. The minimum absolute atomic E-state index is 0.0700. The van der Waals surface area contributed by atoms with Crippen LogP contribution in [0.5, 0.6) is 0 Å². The quantitative estimate of drug-likeness (QED) is 0.835. The van der Waals surface area contributed by atoms with Crippen molar-refractivity contribution in [1.82, 2.24) is 14.9 Å². The van der Waals surface area contributed by atoms with Crippen LogP contribution in [0.3, 0.4) is 0 Å². The Labute approximate surface area is 106 Å². The molecular weight excluding hydrogens is 259 g/mol. The number of fused-ring (bicyclic) bond motifs is 1. The van der Waals surface area contributed by atoms with Gasteiger partial charge in [0, 0.05) is 0 Å². The summed E-state index contributed by atoms with van der Waals surface area (Å²) in [5.74, 6) is 0. The number of imidazole rings is 1. The number of rotatable bonds is 1. The first-order valence-electron chi connectivity index (χ1n) is 6.02. The first-order valence-corrected chi connectivity index (χ1v) is 6.02. The molecule has 2 N–H and O–H groups in total. The molecule has 19 heavy (non-hydrogen) atoms. The van der Waals surface area contributed by atoms with Gasteiger partial charge < -0.3 is 4.98 Å². The summed E-state index contributed by atoms with van der Waals surface area (Å²) >= 11 is 0. The van der Waals surface area contributed by atoms with Gasteiger partial charge in [0.2, 0.25) is 0 Å². The fraction of sp³-hybridized carbons (Fsp3) is 0.417. The average Bonchev–Trinajstić information content (AvgIpc) is 2.92. The zero-order valence-corrected chi connectivity index (χ0v) is 9.92. The Balaban J connectivity index is 2.31. The van der Waals surface area contributed by atoms with E-state index in [-0.39, 0.29) is 17.2 Å². The van der Waals surface area contributed by atoms with Gasteiger partial charge in [0.25, 0.3) is 0 Å². The van der Waals surface area contributed by atoms with E-state index in [1.807, 2.05) is 0 Å². The minimum Gasteiger partial charge on any atom is -0.305 e. The van der Waals surface area contributed by atoms with Gasteiger partial charge in [0.05, 0.1) is 22.8 Å². The largest absolute Gasteiger partial charge is 0.418 e. The van der Waals surface area contributed by atoms with E-state index in [2.05, 4.69) is 10.3 Å². The van der Waals surface area contributed by atoms with Crippen LogP contribution < -0.4 is 11.0 Å². The van der Waals surface area contributed by atoms with Crippen molar-refractivity contribution in [2.45, 2.75) is 25.2 Å². The summed E-state index contributed by atoms with van der Waals surface area (Å²) in [4.78, 5) is 14.4. The number of hydrogen-bond acceptors (Lipinski definition) is 2. The first-order chi connectivity index (χ1) is 8.98. The Hall–Kier alpha value is -1.76.